The first-order valence-corrected chi connectivity index (χ1v) is 12.8. The van der Waals surface area contributed by atoms with Crippen molar-refractivity contribution in [2.24, 2.45) is 10.7 Å². The van der Waals surface area contributed by atoms with E-state index in [2.05, 4.69) is 43.2 Å². The molecule has 3 N–H and O–H groups in total. The van der Waals surface area contributed by atoms with Gasteiger partial charge in [-0.15, -0.1) is 0 Å². The minimum Gasteiger partial charge on any atom is -0.383 e. The Labute approximate surface area is 222 Å². The molecule has 3 heterocycles. The van der Waals surface area contributed by atoms with E-state index in [1.54, 1.807) is 12.0 Å². The average Bonchev–Trinajstić information content (AvgIpc) is 3.09. The molecule has 7 nitrogen and oxygen atoms in total. The predicted molar refractivity (Wildman–Crippen MR) is 144 cm³/mol. The quantitative estimate of drug-likeness (QED) is 0.588. The molecule has 2 aliphatic heterocycles. The summed E-state index contributed by atoms with van der Waals surface area (Å²) in [5.41, 5.74) is 8.99. The van der Waals surface area contributed by atoms with Gasteiger partial charge in [0.25, 0.3) is 0 Å². The number of guanidine groups is 1. The topological polar surface area (TPSA) is 79.0 Å². The number of ether oxygens (including phenoxy) is 1. The number of nitrogens with zero attached hydrogens (tertiary/aromatic N) is 4. The number of nitrogens with one attached hydrogen (secondary N) is 1. The Balaban J connectivity index is 1.71. The zero-order valence-corrected chi connectivity index (χ0v) is 22.7. The smallest absolute Gasteiger partial charge is 0.383 e. The van der Waals surface area contributed by atoms with Gasteiger partial charge in [-0.05, 0) is 40.7 Å². The van der Waals surface area contributed by atoms with Crippen LogP contribution in [-0.2, 0) is 22.0 Å². The van der Waals surface area contributed by atoms with Gasteiger partial charge < -0.3 is 19.9 Å². The highest BCUT2D eigenvalue weighted by Crippen LogP contribution is 2.40. The maximum atomic E-state index is 13.8. The number of aliphatic imine (C=N–C) groups is 1. The van der Waals surface area contributed by atoms with Gasteiger partial charge in [0, 0.05) is 52.1 Å². The third kappa shape index (κ3) is 5.66. The Bertz CT molecular complexity index is 1200. The number of nitrogens with two attached hydrogens (primary N) is 1. The normalized spacial score (nSPS) is 20.4. The van der Waals surface area contributed by atoms with Crippen molar-refractivity contribution >= 4 is 11.8 Å². The molecule has 0 saturated carbocycles. The monoisotopic (exact) mass is 530 g/mol. The standard InChI is InChI=1S/C28H37F3N6O/c1-26(2,3)19-8-10-20(11-9-19)27(32)21-12-15-37(24-22(28(29,30)31)7-6-14-33-24)16-13-23(21)34-25(35-27)36(4)17-18-38-5/h6-11,14H,12-13,15-18,32H2,1-5H3,(H,34,35). The number of aromatic nitrogens is 1. The van der Waals surface area contributed by atoms with E-state index in [1.165, 1.54) is 17.8 Å². The van der Waals surface area contributed by atoms with Crippen molar-refractivity contribution in [2.75, 3.05) is 45.3 Å². The number of halogens is 3. The Morgan fingerprint density at radius 3 is 2.42 bits per heavy atom. The number of anilines is 1. The van der Waals surface area contributed by atoms with Gasteiger partial charge in [-0.1, -0.05) is 45.0 Å². The van der Waals surface area contributed by atoms with Crippen LogP contribution in [0, 0.1) is 0 Å². The van der Waals surface area contributed by atoms with Crippen LogP contribution in [0.2, 0.25) is 0 Å². The predicted octanol–water partition coefficient (Wildman–Crippen LogP) is 4.60. The summed E-state index contributed by atoms with van der Waals surface area (Å²) in [6.45, 7) is 8.26. The van der Waals surface area contributed by atoms with E-state index in [-0.39, 0.29) is 11.2 Å². The van der Waals surface area contributed by atoms with E-state index in [1.807, 2.05) is 24.1 Å². The van der Waals surface area contributed by atoms with Gasteiger partial charge in [0.1, 0.15) is 5.82 Å². The van der Waals surface area contributed by atoms with E-state index in [0.29, 0.717) is 45.0 Å². The van der Waals surface area contributed by atoms with Crippen LogP contribution in [0.25, 0.3) is 0 Å². The zero-order valence-electron chi connectivity index (χ0n) is 22.7. The number of likely N-dealkylation sites (N-methyl/N-ethyl adjacent to an activating group) is 1. The fourth-order valence-electron chi connectivity index (χ4n) is 4.92. The summed E-state index contributed by atoms with van der Waals surface area (Å²) in [6, 6.07) is 10.6. The molecule has 0 fully saturated rings. The number of pyridine rings is 1. The van der Waals surface area contributed by atoms with Gasteiger partial charge in [-0.25, -0.2) is 9.98 Å². The van der Waals surface area contributed by atoms with Crippen LogP contribution in [0.15, 0.2) is 58.9 Å². The summed E-state index contributed by atoms with van der Waals surface area (Å²) in [5, 5.41) is 3.43. The van der Waals surface area contributed by atoms with Crippen molar-refractivity contribution in [1.82, 2.24) is 15.2 Å². The van der Waals surface area contributed by atoms with Crippen molar-refractivity contribution in [2.45, 2.75) is 50.9 Å². The first-order valence-electron chi connectivity index (χ1n) is 12.8. The molecule has 1 atom stereocenters. The largest absolute Gasteiger partial charge is 0.419 e. The van der Waals surface area contributed by atoms with E-state index in [9.17, 15) is 13.2 Å². The second-order valence-electron chi connectivity index (χ2n) is 10.9. The molecule has 0 amide bonds. The number of rotatable bonds is 5. The Hall–Kier alpha value is -3.11. The fourth-order valence-corrected chi connectivity index (χ4v) is 4.92. The molecule has 0 aliphatic carbocycles. The van der Waals surface area contributed by atoms with Crippen LogP contribution in [0.3, 0.4) is 0 Å². The van der Waals surface area contributed by atoms with Crippen molar-refractivity contribution in [1.29, 1.82) is 0 Å². The van der Waals surface area contributed by atoms with Crippen LogP contribution in [0.1, 0.15) is 50.3 Å². The van der Waals surface area contributed by atoms with E-state index in [0.717, 1.165) is 22.9 Å². The summed E-state index contributed by atoms with van der Waals surface area (Å²) < 4.78 is 46.5. The highest BCUT2D eigenvalue weighted by atomic mass is 19.4. The third-order valence-corrected chi connectivity index (χ3v) is 7.21. The molecule has 0 radical (unpaired) electrons. The SMILES string of the molecule is COCCN(C)C1=NC(N)(c2ccc(C(C)(C)C)cc2)C2=C(CCN(c3ncccc3C(F)(F)F)CC2)N1. The molecule has 1 aromatic carbocycles. The fraction of sp³-hybridized carbons (Fsp3) is 0.500. The van der Waals surface area contributed by atoms with E-state index in [4.69, 9.17) is 15.5 Å². The maximum absolute atomic E-state index is 13.8. The van der Waals surface area contributed by atoms with E-state index < -0.39 is 17.4 Å². The third-order valence-electron chi connectivity index (χ3n) is 7.21. The molecule has 4 rings (SSSR count). The summed E-state index contributed by atoms with van der Waals surface area (Å²) in [4.78, 5) is 12.7. The van der Waals surface area contributed by atoms with Crippen LogP contribution in [0.5, 0.6) is 0 Å². The summed E-state index contributed by atoms with van der Waals surface area (Å²) in [7, 11) is 3.55. The molecular weight excluding hydrogens is 493 g/mol. The molecule has 10 heteroatoms. The first-order chi connectivity index (χ1) is 17.8. The lowest BCUT2D eigenvalue weighted by Gasteiger charge is -2.38. The number of hydrogen-bond acceptors (Lipinski definition) is 7. The second-order valence-corrected chi connectivity index (χ2v) is 10.9. The number of methoxy groups -OCH3 is 1. The van der Waals surface area contributed by atoms with Crippen molar-refractivity contribution < 1.29 is 17.9 Å². The molecule has 0 bridgehead atoms. The van der Waals surface area contributed by atoms with Crippen LogP contribution >= 0.6 is 0 Å². The minimum absolute atomic E-state index is 0.0185. The molecule has 1 unspecified atom stereocenters. The van der Waals surface area contributed by atoms with Gasteiger partial charge in [0.15, 0.2) is 5.66 Å². The Morgan fingerprint density at radius 2 is 1.79 bits per heavy atom. The van der Waals surface area contributed by atoms with Gasteiger partial charge in [0.2, 0.25) is 5.96 Å². The first kappa shape index (κ1) is 27.9. The lowest BCUT2D eigenvalue weighted by Crippen LogP contribution is -2.50. The highest BCUT2D eigenvalue weighted by Gasteiger charge is 2.41. The number of hydrogen-bond donors (Lipinski definition) is 2. The minimum atomic E-state index is -4.49. The number of alkyl halides is 3. The highest BCUT2D eigenvalue weighted by molar-refractivity contribution is 5.84. The Kier molecular flexibility index (Phi) is 7.76. The van der Waals surface area contributed by atoms with Crippen LogP contribution < -0.4 is 16.0 Å². The summed E-state index contributed by atoms with van der Waals surface area (Å²) in [6.07, 6.45) is -2.18. The lowest BCUT2D eigenvalue weighted by molar-refractivity contribution is -0.137. The summed E-state index contributed by atoms with van der Waals surface area (Å²) >= 11 is 0. The average molecular weight is 531 g/mol. The molecule has 38 heavy (non-hydrogen) atoms. The van der Waals surface area contributed by atoms with Crippen LogP contribution in [0.4, 0.5) is 19.0 Å². The van der Waals surface area contributed by atoms with Crippen molar-refractivity contribution in [3.63, 3.8) is 0 Å². The maximum Gasteiger partial charge on any atom is 0.419 e. The van der Waals surface area contributed by atoms with Gasteiger partial charge in [-0.2, -0.15) is 13.2 Å². The van der Waals surface area contributed by atoms with Crippen LogP contribution in [-0.4, -0.2) is 56.2 Å². The molecule has 0 saturated heterocycles. The second kappa shape index (κ2) is 10.6. The molecule has 1 aromatic heterocycles. The zero-order chi connectivity index (χ0) is 27.7. The molecule has 2 aromatic rings. The van der Waals surface area contributed by atoms with Gasteiger partial charge in [-0.3, -0.25) is 5.73 Å². The molecule has 206 valence electrons. The van der Waals surface area contributed by atoms with Gasteiger partial charge in [0.05, 0.1) is 12.2 Å². The molecule has 0 spiro atoms. The van der Waals surface area contributed by atoms with Crippen molar-refractivity contribution in [3.8, 4) is 0 Å². The van der Waals surface area contributed by atoms with Crippen molar-refractivity contribution in [3.05, 3.63) is 70.6 Å². The molecule has 2 aliphatic rings. The van der Waals surface area contributed by atoms with Gasteiger partial charge >= 0.3 is 6.18 Å². The lowest BCUT2D eigenvalue weighted by atomic mass is 9.83. The summed E-state index contributed by atoms with van der Waals surface area (Å²) in [5.74, 6) is 0.542. The Morgan fingerprint density at radius 1 is 1.11 bits per heavy atom. The number of benzene rings is 1. The van der Waals surface area contributed by atoms with E-state index >= 15 is 0 Å². The molecular formula is C28H37F3N6O.